The first-order valence-corrected chi connectivity index (χ1v) is 7.25. The fraction of sp³-hybridized carbons (Fsp3) is 0.286. The van der Waals surface area contributed by atoms with Gasteiger partial charge in [-0.3, -0.25) is 19.7 Å². The molecule has 1 N–H and O–H groups in total. The van der Waals surface area contributed by atoms with E-state index in [1.54, 1.807) is 18.2 Å². The molecule has 2 heterocycles. The molecule has 0 spiro atoms. The zero-order valence-electron chi connectivity index (χ0n) is 11.0. The number of benzene rings is 1. The van der Waals surface area contributed by atoms with Gasteiger partial charge in [0.1, 0.15) is 11.4 Å². The molecule has 3 rings (SSSR count). The largest absolute Gasteiger partial charge is 0.322 e. The molecule has 106 valence electrons. The molecule has 21 heavy (non-hydrogen) atoms. The van der Waals surface area contributed by atoms with E-state index in [9.17, 15) is 14.4 Å². The first-order chi connectivity index (χ1) is 10.1. The van der Waals surface area contributed by atoms with E-state index < -0.39 is 11.9 Å². The van der Waals surface area contributed by atoms with Gasteiger partial charge in [0.15, 0.2) is 0 Å². The third-order valence-corrected chi connectivity index (χ3v) is 4.24. The molecule has 2 aliphatic heterocycles. The second-order valence-electron chi connectivity index (χ2n) is 4.91. The molecule has 1 saturated heterocycles. The molecule has 2 aliphatic rings. The molecule has 1 aromatic carbocycles. The van der Waals surface area contributed by atoms with Crippen molar-refractivity contribution in [3.63, 3.8) is 0 Å². The number of nitrogens with one attached hydrogen (secondary N) is 1. The van der Waals surface area contributed by atoms with E-state index in [2.05, 4.69) is 5.32 Å². The number of nitrogens with zero attached hydrogens (tertiary/aromatic N) is 2. The number of piperidine rings is 1. The van der Waals surface area contributed by atoms with Crippen LogP contribution in [0.25, 0.3) is 0 Å². The number of hydrogen-bond donors (Lipinski definition) is 1. The quantitative estimate of drug-likeness (QED) is 0.500. The minimum atomic E-state index is -0.602. The number of thioether (sulfide) groups is 1. The summed E-state index contributed by atoms with van der Waals surface area (Å²) in [7, 11) is 0. The Labute approximate surface area is 125 Å². The van der Waals surface area contributed by atoms with E-state index >= 15 is 0 Å². The van der Waals surface area contributed by atoms with Crippen molar-refractivity contribution >= 4 is 29.5 Å². The van der Waals surface area contributed by atoms with E-state index in [0.29, 0.717) is 18.5 Å². The van der Waals surface area contributed by atoms with Gasteiger partial charge in [0.2, 0.25) is 11.8 Å². The molecular formula is C14H11N3O3S. The molecular weight excluding hydrogens is 290 g/mol. The van der Waals surface area contributed by atoms with Crippen LogP contribution in [0.4, 0.5) is 0 Å². The second kappa shape index (κ2) is 5.22. The highest BCUT2D eigenvalue weighted by Crippen LogP contribution is 2.30. The van der Waals surface area contributed by atoms with Gasteiger partial charge in [-0.2, -0.15) is 5.26 Å². The molecule has 1 atom stereocenters. The van der Waals surface area contributed by atoms with E-state index in [1.807, 2.05) is 5.40 Å². The van der Waals surface area contributed by atoms with E-state index in [0.717, 1.165) is 22.2 Å². The fourth-order valence-electron chi connectivity index (χ4n) is 2.67. The smallest absolute Gasteiger partial charge is 0.255 e. The first-order valence-electron chi connectivity index (χ1n) is 6.43. The molecule has 1 unspecified atom stereocenters. The predicted molar refractivity (Wildman–Crippen MR) is 74.0 cm³/mol. The maximum atomic E-state index is 12.4. The van der Waals surface area contributed by atoms with Crippen molar-refractivity contribution in [3.8, 4) is 5.40 Å². The fourth-order valence-corrected chi connectivity index (χ4v) is 3.11. The average Bonchev–Trinajstić information content (AvgIpc) is 2.76. The Morgan fingerprint density at radius 3 is 2.86 bits per heavy atom. The minimum Gasteiger partial charge on any atom is -0.322 e. The number of nitriles is 1. The highest BCUT2D eigenvalue weighted by atomic mass is 32.2. The van der Waals surface area contributed by atoms with Crippen LogP contribution >= 0.6 is 11.8 Å². The van der Waals surface area contributed by atoms with Crippen LogP contribution in [-0.4, -0.2) is 28.7 Å². The van der Waals surface area contributed by atoms with Gasteiger partial charge in [-0.05, 0) is 41.9 Å². The molecule has 7 heteroatoms. The average molecular weight is 301 g/mol. The number of hydrogen-bond acceptors (Lipinski definition) is 5. The monoisotopic (exact) mass is 301 g/mol. The number of amides is 3. The summed E-state index contributed by atoms with van der Waals surface area (Å²) in [5.74, 6) is -0.917. The third kappa shape index (κ3) is 2.38. The van der Waals surface area contributed by atoms with Gasteiger partial charge in [0, 0.05) is 23.4 Å². The molecule has 6 nitrogen and oxygen atoms in total. The van der Waals surface area contributed by atoms with Gasteiger partial charge in [-0.25, -0.2) is 0 Å². The molecule has 1 aromatic rings. The lowest BCUT2D eigenvalue weighted by Crippen LogP contribution is -2.52. The molecule has 1 fully saturated rings. The lowest BCUT2D eigenvalue weighted by atomic mass is 10.0. The van der Waals surface area contributed by atoms with Crippen LogP contribution in [0.2, 0.25) is 0 Å². The molecule has 0 saturated carbocycles. The summed E-state index contributed by atoms with van der Waals surface area (Å²) in [6.45, 7) is 0.334. The molecule has 0 bridgehead atoms. The normalized spacial score (nSPS) is 21.0. The Hall–Kier alpha value is -2.33. The highest BCUT2D eigenvalue weighted by Gasteiger charge is 2.38. The van der Waals surface area contributed by atoms with Crippen molar-refractivity contribution in [3.05, 3.63) is 29.3 Å². The van der Waals surface area contributed by atoms with Gasteiger partial charge in [-0.15, -0.1) is 0 Å². The SMILES string of the molecule is N#CSc1ccc2c(c1)CN(C1CCC(=O)NC1=O)C2=O. The number of rotatable bonds is 2. The van der Waals surface area contributed by atoms with Crippen LogP contribution in [0.1, 0.15) is 28.8 Å². The summed E-state index contributed by atoms with van der Waals surface area (Å²) in [6.07, 6.45) is 0.594. The first kappa shape index (κ1) is 13.6. The highest BCUT2D eigenvalue weighted by molar-refractivity contribution is 8.03. The maximum Gasteiger partial charge on any atom is 0.255 e. The van der Waals surface area contributed by atoms with Crippen LogP contribution in [0, 0.1) is 10.7 Å². The summed E-state index contributed by atoms with van der Waals surface area (Å²) in [4.78, 5) is 37.7. The van der Waals surface area contributed by atoms with Crippen LogP contribution in [0.5, 0.6) is 0 Å². The van der Waals surface area contributed by atoms with Crippen LogP contribution in [0.3, 0.4) is 0 Å². The number of thiocyanates is 1. The maximum absolute atomic E-state index is 12.4. The summed E-state index contributed by atoms with van der Waals surface area (Å²) < 4.78 is 0. The van der Waals surface area contributed by atoms with Crippen LogP contribution in [0.15, 0.2) is 23.1 Å². The number of carbonyl (C=O) groups excluding carboxylic acids is 3. The molecule has 0 radical (unpaired) electrons. The zero-order valence-corrected chi connectivity index (χ0v) is 11.8. The van der Waals surface area contributed by atoms with Gasteiger partial charge >= 0.3 is 0 Å². The number of fused-ring (bicyclic) bond motifs is 1. The lowest BCUT2D eigenvalue weighted by molar-refractivity contribution is -0.136. The van der Waals surface area contributed by atoms with Crippen LogP contribution < -0.4 is 5.32 Å². The standard InChI is InChI=1S/C14H11N3O3S/c15-7-21-9-1-2-10-8(5-9)6-17(14(10)20)11-3-4-12(18)16-13(11)19/h1-2,5,11H,3-4,6H2,(H,16,18,19). The van der Waals surface area contributed by atoms with Gasteiger partial charge < -0.3 is 4.90 Å². The van der Waals surface area contributed by atoms with Crippen molar-refractivity contribution in [1.82, 2.24) is 10.2 Å². The predicted octanol–water partition coefficient (Wildman–Crippen LogP) is 1.02. The molecule has 3 amide bonds. The van der Waals surface area contributed by atoms with Crippen molar-refractivity contribution < 1.29 is 14.4 Å². The minimum absolute atomic E-state index is 0.201. The summed E-state index contributed by atoms with van der Waals surface area (Å²) in [6, 6.07) is 4.60. The topological polar surface area (TPSA) is 90.3 Å². The summed E-state index contributed by atoms with van der Waals surface area (Å²) >= 11 is 1.03. The van der Waals surface area contributed by atoms with Gasteiger partial charge in [0.05, 0.1) is 0 Å². The number of carbonyl (C=O) groups is 3. The second-order valence-corrected chi connectivity index (χ2v) is 5.77. The van der Waals surface area contributed by atoms with Crippen molar-refractivity contribution in [2.24, 2.45) is 0 Å². The van der Waals surface area contributed by atoms with Gasteiger partial charge in [0.25, 0.3) is 5.91 Å². The molecule has 0 aliphatic carbocycles. The van der Waals surface area contributed by atoms with Gasteiger partial charge in [-0.1, -0.05) is 0 Å². The Morgan fingerprint density at radius 1 is 1.33 bits per heavy atom. The summed E-state index contributed by atoms with van der Waals surface area (Å²) in [5.41, 5.74) is 1.37. The van der Waals surface area contributed by atoms with Crippen LogP contribution in [-0.2, 0) is 16.1 Å². The van der Waals surface area contributed by atoms with E-state index in [-0.39, 0.29) is 18.2 Å². The van der Waals surface area contributed by atoms with E-state index in [1.165, 1.54) is 4.90 Å². The van der Waals surface area contributed by atoms with Crippen molar-refractivity contribution in [2.75, 3.05) is 0 Å². The van der Waals surface area contributed by atoms with Crippen molar-refractivity contribution in [2.45, 2.75) is 30.3 Å². The Balaban J connectivity index is 1.85. The zero-order chi connectivity index (χ0) is 15.0. The Morgan fingerprint density at radius 2 is 2.14 bits per heavy atom. The molecule has 0 aromatic heterocycles. The third-order valence-electron chi connectivity index (χ3n) is 3.66. The van der Waals surface area contributed by atoms with Crippen molar-refractivity contribution in [1.29, 1.82) is 5.26 Å². The Bertz CT molecular complexity index is 695. The Kier molecular flexibility index (Phi) is 3.39. The van der Waals surface area contributed by atoms with E-state index in [4.69, 9.17) is 5.26 Å². The number of imide groups is 1. The lowest BCUT2D eigenvalue weighted by Gasteiger charge is -2.29. The summed E-state index contributed by atoms with van der Waals surface area (Å²) in [5, 5.41) is 12.9.